The molecule has 3 aromatic heterocycles. The third-order valence-corrected chi connectivity index (χ3v) is 4.94. The highest BCUT2D eigenvalue weighted by molar-refractivity contribution is 5.91. The van der Waals surface area contributed by atoms with E-state index in [0.29, 0.717) is 5.65 Å². The minimum Gasteiger partial charge on any atom is -0.355 e. The molecule has 10 nitrogen and oxygen atoms in total. The lowest BCUT2D eigenvalue weighted by molar-refractivity contribution is -0.120. The second kappa shape index (κ2) is 7.68. The number of aryl methyl sites for hydroxylation is 1. The van der Waals surface area contributed by atoms with Crippen LogP contribution in [0, 0.1) is 5.92 Å². The normalized spacial score (nSPS) is 15.4. The first kappa shape index (κ1) is 17.4. The highest BCUT2D eigenvalue weighted by Gasteiger charge is 2.26. The van der Waals surface area contributed by atoms with Crippen LogP contribution in [0.4, 0.5) is 11.6 Å². The molecule has 1 N–H and O–H groups in total. The zero-order valence-electron chi connectivity index (χ0n) is 15.3. The molecule has 0 saturated carbocycles. The molecule has 0 aliphatic carbocycles. The Morgan fingerprint density at radius 1 is 1.26 bits per heavy atom. The average molecular weight is 369 g/mol. The molecule has 1 fully saturated rings. The van der Waals surface area contributed by atoms with Crippen LogP contribution in [0.3, 0.4) is 0 Å². The zero-order valence-corrected chi connectivity index (χ0v) is 15.3. The Labute approximate surface area is 156 Å². The van der Waals surface area contributed by atoms with Crippen LogP contribution in [0.25, 0.3) is 5.65 Å². The van der Waals surface area contributed by atoms with Crippen molar-refractivity contribution in [2.75, 3.05) is 23.3 Å². The third kappa shape index (κ3) is 3.74. The highest BCUT2D eigenvalue weighted by Crippen LogP contribution is 2.23. The number of amides is 1. The number of carbonyl (C=O) groups is 1. The molecule has 27 heavy (non-hydrogen) atoms. The van der Waals surface area contributed by atoms with Gasteiger partial charge < -0.3 is 10.2 Å². The molecule has 3 aromatic rings. The van der Waals surface area contributed by atoms with E-state index in [2.05, 4.69) is 42.9 Å². The number of carbonyl (C=O) groups excluding carboxylic acids is 1. The fourth-order valence-electron chi connectivity index (χ4n) is 3.33. The summed E-state index contributed by atoms with van der Waals surface area (Å²) in [5, 5.41) is 23.1. The van der Waals surface area contributed by atoms with Gasteiger partial charge in [0.2, 0.25) is 5.91 Å². The molecule has 1 amide bonds. The summed E-state index contributed by atoms with van der Waals surface area (Å²) in [5.74, 6) is 1.66. The van der Waals surface area contributed by atoms with Gasteiger partial charge in [0.15, 0.2) is 11.5 Å². The first-order valence-corrected chi connectivity index (χ1v) is 9.37. The van der Waals surface area contributed by atoms with Gasteiger partial charge in [0.25, 0.3) is 0 Å². The molecule has 4 rings (SSSR count). The van der Waals surface area contributed by atoms with E-state index in [0.717, 1.165) is 57.0 Å². The lowest BCUT2D eigenvalue weighted by atomic mass is 9.96. The van der Waals surface area contributed by atoms with Gasteiger partial charge in [0.05, 0.1) is 6.20 Å². The van der Waals surface area contributed by atoms with Crippen molar-refractivity contribution in [3.05, 3.63) is 24.4 Å². The van der Waals surface area contributed by atoms with Crippen LogP contribution in [0.1, 0.15) is 32.6 Å². The lowest BCUT2D eigenvalue weighted by Crippen LogP contribution is -2.39. The summed E-state index contributed by atoms with van der Waals surface area (Å²) in [6, 6.07) is 5.62. The van der Waals surface area contributed by atoms with E-state index in [-0.39, 0.29) is 11.8 Å². The monoisotopic (exact) mass is 369 g/mol. The van der Waals surface area contributed by atoms with Crippen LogP contribution in [-0.4, -0.2) is 54.0 Å². The second-order valence-electron chi connectivity index (χ2n) is 6.76. The van der Waals surface area contributed by atoms with Crippen molar-refractivity contribution in [2.45, 2.75) is 39.2 Å². The van der Waals surface area contributed by atoms with Crippen LogP contribution in [-0.2, 0) is 11.3 Å². The summed E-state index contributed by atoms with van der Waals surface area (Å²) >= 11 is 0. The van der Waals surface area contributed by atoms with Crippen LogP contribution in [0.2, 0.25) is 0 Å². The van der Waals surface area contributed by atoms with Crippen molar-refractivity contribution >= 4 is 23.2 Å². The Bertz CT molecular complexity index is 910. The van der Waals surface area contributed by atoms with Gasteiger partial charge in [-0.25, -0.2) is 4.68 Å². The Morgan fingerprint density at radius 3 is 2.93 bits per heavy atom. The fourth-order valence-corrected chi connectivity index (χ4v) is 3.33. The van der Waals surface area contributed by atoms with Gasteiger partial charge in [0, 0.05) is 31.6 Å². The lowest BCUT2D eigenvalue weighted by Gasteiger charge is -2.31. The Kier molecular flexibility index (Phi) is 4.95. The van der Waals surface area contributed by atoms with Crippen molar-refractivity contribution in [3.63, 3.8) is 0 Å². The van der Waals surface area contributed by atoms with Gasteiger partial charge >= 0.3 is 0 Å². The van der Waals surface area contributed by atoms with Crippen molar-refractivity contribution in [1.82, 2.24) is 35.0 Å². The number of rotatable bonds is 6. The third-order valence-electron chi connectivity index (χ3n) is 4.94. The highest BCUT2D eigenvalue weighted by atomic mass is 16.2. The minimum absolute atomic E-state index is 0.00690. The number of anilines is 2. The number of fused-ring (bicyclic) bond motifs is 1. The molecule has 1 aliphatic heterocycles. The molecule has 0 atom stereocenters. The van der Waals surface area contributed by atoms with E-state index in [9.17, 15) is 4.79 Å². The molecule has 10 heteroatoms. The summed E-state index contributed by atoms with van der Waals surface area (Å²) in [4.78, 5) is 14.8. The summed E-state index contributed by atoms with van der Waals surface area (Å²) in [6.07, 6.45) is 5.43. The van der Waals surface area contributed by atoms with Crippen molar-refractivity contribution in [3.8, 4) is 0 Å². The molecule has 0 spiro atoms. The number of aromatic nitrogens is 7. The standard InChI is InChI=1S/C17H23N9O/c1-2-3-10-25-14(6-9-18-25)19-17(27)13-7-11-24(12-8-13)16-5-4-15-20-22-23-26(15)21-16/h4-6,9,13H,2-3,7-8,10-12H2,1H3,(H,19,27). The maximum Gasteiger partial charge on any atom is 0.228 e. The molecular weight excluding hydrogens is 346 g/mol. The maximum absolute atomic E-state index is 12.7. The van der Waals surface area contributed by atoms with Gasteiger partial charge in [-0.3, -0.25) is 4.79 Å². The van der Waals surface area contributed by atoms with Crippen molar-refractivity contribution in [2.24, 2.45) is 5.92 Å². The fraction of sp³-hybridized carbons (Fsp3) is 0.529. The van der Waals surface area contributed by atoms with Crippen LogP contribution in [0.5, 0.6) is 0 Å². The molecule has 0 radical (unpaired) electrons. The smallest absolute Gasteiger partial charge is 0.228 e. The first-order chi connectivity index (χ1) is 13.2. The number of nitrogens with zero attached hydrogens (tertiary/aromatic N) is 8. The summed E-state index contributed by atoms with van der Waals surface area (Å²) in [6.45, 7) is 4.51. The Morgan fingerprint density at radius 2 is 2.11 bits per heavy atom. The minimum atomic E-state index is -0.00690. The SMILES string of the molecule is CCCCn1nccc1NC(=O)C1CCN(c2ccc3nnnn3n2)CC1. The zero-order chi connectivity index (χ0) is 18.6. The van der Waals surface area contributed by atoms with Crippen LogP contribution >= 0.6 is 0 Å². The molecule has 142 valence electrons. The Balaban J connectivity index is 1.34. The predicted octanol–water partition coefficient (Wildman–Crippen LogP) is 1.37. The topological polar surface area (TPSA) is 106 Å². The molecule has 4 heterocycles. The van der Waals surface area contributed by atoms with E-state index in [4.69, 9.17) is 0 Å². The van der Waals surface area contributed by atoms with Crippen LogP contribution < -0.4 is 10.2 Å². The molecular formula is C17H23N9O. The summed E-state index contributed by atoms with van der Waals surface area (Å²) in [5.41, 5.74) is 0.618. The first-order valence-electron chi connectivity index (χ1n) is 9.37. The van der Waals surface area contributed by atoms with Gasteiger partial charge in [-0.05, 0) is 41.8 Å². The molecule has 0 aromatic carbocycles. The van der Waals surface area contributed by atoms with Gasteiger partial charge in [0.1, 0.15) is 5.82 Å². The quantitative estimate of drug-likeness (QED) is 0.699. The maximum atomic E-state index is 12.7. The molecule has 0 bridgehead atoms. The number of nitrogens with one attached hydrogen (secondary N) is 1. The van der Waals surface area contributed by atoms with E-state index in [1.807, 2.05) is 22.9 Å². The van der Waals surface area contributed by atoms with Gasteiger partial charge in [-0.15, -0.1) is 14.8 Å². The van der Waals surface area contributed by atoms with E-state index < -0.39 is 0 Å². The summed E-state index contributed by atoms with van der Waals surface area (Å²) < 4.78 is 3.29. The number of piperidine rings is 1. The number of tetrazole rings is 1. The predicted molar refractivity (Wildman–Crippen MR) is 99.3 cm³/mol. The second-order valence-corrected chi connectivity index (χ2v) is 6.76. The molecule has 1 saturated heterocycles. The number of hydrogen-bond donors (Lipinski definition) is 1. The Hall–Kier alpha value is -3.04. The largest absolute Gasteiger partial charge is 0.355 e. The summed E-state index contributed by atoms with van der Waals surface area (Å²) in [7, 11) is 0. The van der Waals surface area contributed by atoms with E-state index >= 15 is 0 Å². The van der Waals surface area contributed by atoms with Crippen molar-refractivity contribution in [1.29, 1.82) is 0 Å². The van der Waals surface area contributed by atoms with Gasteiger partial charge in [-0.1, -0.05) is 13.3 Å². The number of unbranched alkanes of at least 4 members (excludes halogenated alkanes) is 1. The van der Waals surface area contributed by atoms with Crippen LogP contribution in [0.15, 0.2) is 24.4 Å². The van der Waals surface area contributed by atoms with E-state index in [1.165, 1.54) is 4.63 Å². The number of hydrogen-bond acceptors (Lipinski definition) is 7. The van der Waals surface area contributed by atoms with E-state index in [1.54, 1.807) is 6.20 Å². The van der Waals surface area contributed by atoms with Gasteiger partial charge in [-0.2, -0.15) is 5.10 Å². The molecule has 1 aliphatic rings. The molecule has 0 unspecified atom stereocenters. The van der Waals surface area contributed by atoms with Crippen molar-refractivity contribution < 1.29 is 4.79 Å². The average Bonchev–Trinajstić information content (AvgIpc) is 3.35.